The molecule has 106 valence electrons. The standard InChI is InChI=1S/C12H8Br2FNO3S/c13-7-3-8(15)5-9(4-7)19-12-2-1-10(6-11(12)14)20(16,17)18/h1-6H,(H2,16,17,18). The van der Waals surface area contributed by atoms with Crippen LogP contribution in [0.5, 0.6) is 11.5 Å². The third-order valence-corrected chi connectivity index (χ3v) is 4.28. The summed E-state index contributed by atoms with van der Waals surface area (Å²) in [5, 5.41) is 5.02. The van der Waals surface area contributed by atoms with E-state index in [1.807, 2.05) is 0 Å². The normalized spacial score (nSPS) is 11.4. The van der Waals surface area contributed by atoms with Crippen molar-refractivity contribution in [3.8, 4) is 11.5 Å². The molecule has 8 heteroatoms. The van der Waals surface area contributed by atoms with Crippen LogP contribution in [-0.4, -0.2) is 8.42 Å². The first-order chi connectivity index (χ1) is 9.25. The van der Waals surface area contributed by atoms with Gasteiger partial charge in [0.25, 0.3) is 0 Å². The third-order valence-electron chi connectivity index (χ3n) is 2.30. The quantitative estimate of drug-likeness (QED) is 0.814. The Morgan fingerprint density at radius 3 is 2.35 bits per heavy atom. The van der Waals surface area contributed by atoms with Crippen LogP contribution >= 0.6 is 31.9 Å². The Labute approximate surface area is 132 Å². The molecule has 2 N–H and O–H groups in total. The first-order valence-corrected chi connectivity index (χ1v) is 8.35. The lowest BCUT2D eigenvalue weighted by Crippen LogP contribution is -2.11. The molecule has 2 aromatic rings. The lowest BCUT2D eigenvalue weighted by Gasteiger charge is -2.09. The molecule has 0 saturated carbocycles. The van der Waals surface area contributed by atoms with Crippen LogP contribution in [0, 0.1) is 5.82 Å². The molecule has 0 atom stereocenters. The number of primary sulfonamides is 1. The maximum absolute atomic E-state index is 13.2. The van der Waals surface area contributed by atoms with Gasteiger partial charge in [0, 0.05) is 10.5 Å². The Hall–Kier alpha value is -0.960. The zero-order valence-electron chi connectivity index (χ0n) is 9.81. The van der Waals surface area contributed by atoms with Crippen molar-refractivity contribution in [3.63, 3.8) is 0 Å². The van der Waals surface area contributed by atoms with Crippen LogP contribution in [0.25, 0.3) is 0 Å². The SMILES string of the molecule is NS(=O)(=O)c1ccc(Oc2cc(F)cc(Br)c2)c(Br)c1. The summed E-state index contributed by atoms with van der Waals surface area (Å²) in [6.07, 6.45) is 0. The first-order valence-electron chi connectivity index (χ1n) is 5.22. The van der Waals surface area contributed by atoms with Crippen LogP contribution in [0.3, 0.4) is 0 Å². The van der Waals surface area contributed by atoms with Gasteiger partial charge in [-0.3, -0.25) is 0 Å². The minimum atomic E-state index is -3.78. The minimum absolute atomic E-state index is 0.0443. The zero-order chi connectivity index (χ0) is 14.9. The summed E-state index contributed by atoms with van der Waals surface area (Å²) in [6.45, 7) is 0. The Kier molecular flexibility index (Phi) is 4.48. The molecular formula is C12H8Br2FNO3S. The smallest absolute Gasteiger partial charge is 0.238 e. The molecule has 2 rings (SSSR count). The van der Waals surface area contributed by atoms with E-state index in [-0.39, 0.29) is 10.6 Å². The lowest BCUT2D eigenvalue weighted by atomic mass is 10.3. The number of halogens is 3. The van der Waals surface area contributed by atoms with E-state index < -0.39 is 15.8 Å². The number of nitrogens with two attached hydrogens (primary N) is 1. The number of sulfonamides is 1. The van der Waals surface area contributed by atoms with Gasteiger partial charge in [0.05, 0.1) is 9.37 Å². The maximum atomic E-state index is 13.2. The Morgan fingerprint density at radius 2 is 1.80 bits per heavy atom. The highest BCUT2D eigenvalue weighted by atomic mass is 79.9. The molecule has 20 heavy (non-hydrogen) atoms. The highest BCUT2D eigenvalue weighted by molar-refractivity contribution is 9.10. The molecule has 0 aliphatic heterocycles. The van der Waals surface area contributed by atoms with Gasteiger partial charge in [-0.2, -0.15) is 0 Å². The largest absolute Gasteiger partial charge is 0.456 e. The molecule has 0 amide bonds. The van der Waals surface area contributed by atoms with Crippen LogP contribution in [0.15, 0.2) is 50.2 Å². The second-order valence-electron chi connectivity index (χ2n) is 3.84. The van der Waals surface area contributed by atoms with E-state index in [1.165, 1.54) is 30.3 Å². The summed E-state index contributed by atoms with van der Waals surface area (Å²) in [6, 6.07) is 8.16. The molecular weight excluding hydrogens is 417 g/mol. The average molecular weight is 425 g/mol. The Balaban J connectivity index is 2.35. The fourth-order valence-corrected chi connectivity index (χ4v) is 3.05. The second kappa shape index (κ2) is 5.80. The van der Waals surface area contributed by atoms with Gasteiger partial charge in [0.15, 0.2) is 0 Å². The maximum Gasteiger partial charge on any atom is 0.238 e. The van der Waals surface area contributed by atoms with E-state index in [9.17, 15) is 12.8 Å². The van der Waals surface area contributed by atoms with Crippen molar-refractivity contribution in [2.45, 2.75) is 4.90 Å². The highest BCUT2D eigenvalue weighted by Gasteiger charge is 2.12. The zero-order valence-corrected chi connectivity index (χ0v) is 13.8. The van der Waals surface area contributed by atoms with Crippen LogP contribution in [0.1, 0.15) is 0 Å². The van der Waals surface area contributed by atoms with Gasteiger partial charge in [0.1, 0.15) is 17.3 Å². The molecule has 2 aromatic carbocycles. The summed E-state index contributed by atoms with van der Waals surface area (Å²) < 4.78 is 42.1. The monoisotopic (exact) mass is 423 g/mol. The molecule has 0 fully saturated rings. The van der Waals surface area contributed by atoms with E-state index in [0.717, 1.165) is 0 Å². The van der Waals surface area contributed by atoms with Gasteiger partial charge in [-0.25, -0.2) is 17.9 Å². The topological polar surface area (TPSA) is 69.4 Å². The molecule has 0 saturated heterocycles. The summed E-state index contributed by atoms with van der Waals surface area (Å²) in [5.41, 5.74) is 0. The van der Waals surface area contributed by atoms with Crippen molar-refractivity contribution >= 4 is 41.9 Å². The molecule has 0 radical (unpaired) electrons. The van der Waals surface area contributed by atoms with Crippen molar-refractivity contribution in [2.24, 2.45) is 5.14 Å². The molecule has 0 bridgehead atoms. The van der Waals surface area contributed by atoms with Crippen molar-refractivity contribution in [2.75, 3.05) is 0 Å². The van der Waals surface area contributed by atoms with Crippen molar-refractivity contribution in [1.29, 1.82) is 0 Å². The Morgan fingerprint density at radius 1 is 1.10 bits per heavy atom. The van der Waals surface area contributed by atoms with Crippen LogP contribution in [0.4, 0.5) is 4.39 Å². The molecule has 0 aromatic heterocycles. The van der Waals surface area contributed by atoms with E-state index in [2.05, 4.69) is 31.9 Å². The van der Waals surface area contributed by atoms with Crippen molar-refractivity contribution in [3.05, 3.63) is 51.2 Å². The van der Waals surface area contributed by atoms with Crippen LogP contribution in [0.2, 0.25) is 0 Å². The number of hydrogen-bond donors (Lipinski definition) is 1. The fourth-order valence-electron chi connectivity index (χ4n) is 1.46. The molecule has 0 unspecified atom stereocenters. The van der Waals surface area contributed by atoms with Gasteiger partial charge in [-0.15, -0.1) is 0 Å². The predicted molar refractivity (Wildman–Crippen MR) is 79.7 cm³/mol. The molecule has 0 aliphatic rings. The minimum Gasteiger partial charge on any atom is -0.456 e. The molecule has 0 spiro atoms. The number of benzene rings is 2. The average Bonchev–Trinajstić information content (AvgIpc) is 2.29. The Bertz CT molecular complexity index is 745. The van der Waals surface area contributed by atoms with Gasteiger partial charge in [-0.1, -0.05) is 15.9 Å². The van der Waals surface area contributed by atoms with Gasteiger partial charge in [-0.05, 0) is 46.3 Å². The third kappa shape index (κ3) is 3.78. The summed E-state index contributed by atoms with van der Waals surface area (Å²) in [5.74, 6) is 0.169. The predicted octanol–water partition coefficient (Wildman–Crippen LogP) is 3.79. The molecule has 0 heterocycles. The van der Waals surface area contributed by atoms with Gasteiger partial charge < -0.3 is 4.74 Å². The van der Waals surface area contributed by atoms with E-state index in [1.54, 1.807) is 6.07 Å². The number of hydrogen-bond acceptors (Lipinski definition) is 3. The van der Waals surface area contributed by atoms with Crippen LogP contribution in [-0.2, 0) is 10.0 Å². The van der Waals surface area contributed by atoms with Crippen molar-refractivity contribution in [1.82, 2.24) is 0 Å². The summed E-state index contributed by atoms with van der Waals surface area (Å²) in [4.78, 5) is -0.0443. The molecule has 4 nitrogen and oxygen atoms in total. The first kappa shape index (κ1) is 15.4. The van der Waals surface area contributed by atoms with Gasteiger partial charge in [0.2, 0.25) is 10.0 Å². The fraction of sp³-hybridized carbons (Fsp3) is 0. The number of ether oxygens (including phenoxy) is 1. The highest BCUT2D eigenvalue weighted by Crippen LogP contribution is 2.32. The lowest BCUT2D eigenvalue weighted by molar-refractivity contribution is 0.473. The van der Waals surface area contributed by atoms with E-state index >= 15 is 0 Å². The summed E-state index contributed by atoms with van der Waals surface area (Å²) in [7, 11) is -3.78. The summed E-state index contributed by atoms with van der Waals surface area (Å²) >= 11 is 6.34. The number of rotatable bonds is 3. The van der Waals surface area contributed by atoms with E-state index in [4.69, 9.17) is 9.88 Å². The van der Waals surface area contributed by atoms with E-state index in [0.29, 0.717) is 14.7 Å². The van der Waals surface area contributed by atoms with Crippen molar-refractivity contribution < 1.29 is 17.5 Å². The van der Waals surface area contributed by atoms with Gasteiger partial charge >= 0.3 is 0 Å². The van der Waals surface area contributed by atoms with Crippen LogP contribution < -0.4 is 9.88 Å². The molecule has 0 aliphatic carbocycles. The second-order valence-corrected chi connectivity index (χ2v) is 7.18.